The Morgan fingerprint density at radius 3 is 2.90 bits per heavy atom. The molecule has 0 bridgehead atoms. The van der Waals surface area contributed by atoms with Gasteiger partial charge < -0.3 is 5.32 Å². The van der Waals surface area contributed by atoms with E-state index in [1.54, 1.807) is 0 Å². The molecule has 1 aliphatic rings. The molecule has 1 unspecified atom stereocenters. The minimum atomic E-state index is 0.301. The van der Waals surface area contributed by atoms with Gasteiger partial charge in [-0.1, -0.05) is 13.0 Å². The Morgan fingerprint density at radius 1 is 1.29 bits per heavy atom. The van der Waals surface area contributed by atoms with E-state index in [9.17, 15) is 0 Å². The van der Waals surface area contributed by atoms with Gasteiger partial charge in [0.2, 0.25) is 0 Å². The highest BCUT2D eigenvalue weighted by Gasteiger charge is 2.26. The van der Waals surface area contributed by atoms with Crippen molar-refractivity contribution in [1.29, 1.82) is 0 Å². The molecule has 4 nitrogen and oxygen atoms in total. The number of anilines is 1. The van der Waals surface area contributed by atoms with E-state index in [4.69, 9.17) is 4.98 Å². The van der Waals surface area contributed by atoms with Crippen molar-refractivity contribution in [2.45, 2.75) is 45.4 Å². The standard InChI is InChI=1S/C17H22N4/c1-4-14-20-15(11(2)17(18-3)21-14)13-9-5-7-12-8-6-10-19-16(12)13/h6,8,10,13H,4-5,7,9H2,1-3H3,(H,18,20,21). The van der Waals surface area contributed by atoms with E-state index in [2.05, 4.69) is 35.2 Å². The third-order valence-corrected chi connectivity index (χ3v) is 4.31. The molecule has 0 spiro atoms. The van der Waals surface area contributed by atoms with Crippen LogP contribution in [0.2, 0.25) is 0 Å². The molecule has 1 N–H and O–H groups in total. The molecule has 0 saturated carbocycles. The van der Waals surface area contributed by atoms with Gasteiger partial charge in [0.1, 0.15) is 11.6 Å². The highest BCUT2D eigenvalue weighted by atomic mass is 15.0. The quantitative estimate of drug-likeness (QED) is 0.939. The average Bonchev–Trinajstić information content (AvgIpc) is 2.54. The maximum atomic E-state index is 4.83. The number of hydrogen-bond acceptors (Lipinski definition) is 4. The lowest BCUT2D eigenvalue weighted by molar-refractivity contribution is 0.581. The smallest absolute Gasteiger partial charge is 0.132 e. The largest absolute Gasteiger partial charge is 0.373 e. The number of fused-ring (bicyclic) bond motifs is 1. The second-order valence-electron chi connectivity index (χ2n) is 5.59. The molecule has 21 heavy (non-hydrogen) atoms. The summed E-state index contributed by atoms with van der Waals surface area (Å²) in [4.78, 5) is 14.1. The fourth-order valence-corrected chi connectivity index (χ4v) is 3.20. The van der Waals surface area contributed by atoms with Crippen LogP contribution >= 0.6 is 0 Å². The summed E-state index contributed by atoms with van der Waals surface area (Å²) in [7, 11) is 1.92. The predicted octanol–water partition coefficient (Wildman–Crippen LogP) is 3.25. The van der Waals surface area contributed by atoms with Crippen LogP contribution in [0, 0.1) is 6.92 Å². The lowest BCUT2D eigenvalue weighted by atomic mass is 9.83. The van der Waals surface area contributed by atoms with Gasteiger partial charge >= 0.3 is 0 Å². The van der Waals surface area contributed by atoms with Crippen LogP contribution in [0.3, 0.4) is 0 Å². The topological polar surface area (TPSA) is 50.7 Å². The first kappa shape index (κ1) is 14.0. The van der Waals surface area contributed by atoms with Gasteiger partial charge in [-0.3, -0.25) is 4.98 Å². The number of aryl methyl sites for hydroxylation is 2. The first-order chi connectivity index (χ1) is 10.2. The summed E-state index contributed by atoms with van der Waals surface area (Å²) in [5, 5.41) is 3.20. The van der Waals surface area contributed by atoms with Crippen molar-refractivity contribution < 1.29 is 0 Å². The van der Waals surface area contributed by atoms with Gasteiger partial charge in [0.15, 0.2) is 0 Å². The maximum Gasteiger partial charge on any atom is 0.132 e. The van der Waals surface area contributed by atoms with Crippen LogP contribution in [-0.4, -0.2) is 22.0 Å². The Bertz CT molecular complexity index is 651. The summed E-state index contributed by atoms with van der Waals surface area (Å²) in [5.41, 5.74) is 4.87. The normalized spacial score (nSPS) is 17.4. The molecule has 3 rings (SSSR count). The molecule has 2 heterocycles. The average molecular weight is 282 g/mol. The minimum Gasteiger partial charge on any atom is -0.373 e. The molecule has 0 amide bonds. The van der Waals surface area contributed by atoms with Crippen molar-refractivity contribution in [3.8, 4) is 0 Å². The summed E-state index contributed by atoms with van der Waals surface area (Å²) in [6, 6.07) is 4.23. The molecule has 1 atom stereocenters. The monoisotopic (exact) mass is 282 g/mol. The molecule has 2 aromatic heterocycles. The molecule has 0 aliphatic heterocycles. The van der Waals surface area contributed by atoms with E-state index in [0.29, 0.717) is 5.92 Å². The number of rotatable bonds is 3. The fourth-order valence-electron chi connectivity index (χ4n) is 3.20. The van der Waals surface area contributed by atoms with Gasteiger partial charge in [-0.05, 0) is 37.8 Å². The molecule has 1 aliphatic carbocycles. The molecule has 2 aromatic rings. The van der Waals surface area contributed by atoms with Gasteiger partial charge in [0.25, 0.3) is 0 Å². The Labute approximate surface area is 126 Å². The van der Waals surface area contributed by atoms with Gasteiger partial charge in [-0.15, -0.1) is 0 Å². The van der Waals surface area contributed by atoms with Crippen molar-refractivity contribution in [3.63, 3.8) is 0 Å². The van der Waals surface area contributed by atoms with E-state index in [1.165, 1.54) is 17.7 Å². The van der Waals surface area contributed by atoms with Crippen molar-refractivity contribution in [1.82, 2.24) is 15.0 Å². The highest BCUT2D eigenvalue weighted by molar-refractivity contribution is 5.48. The Kier molecular flexibility index (Phi) is 3.86. The SMILES string of the molecule is CCc1nc(NC)c(C)c(C2CCCc3cccnc32)n1. The maximum absolute atomic E-state index is 4.83. The lowest BCUT2D eigenvalue weighted by Gasteiger charge is -2.26. The Morgan fingerprint density at radius 2 is 2.14 bits per heavy atom. The fraction of sp³-hybridized carbons (Fsp3) is 0.471. The molecule has 0 fully saturated rings. The molecular weight excluding hydrogens is 260 g/mol. The van der Waals surface area contributed by atoms with Crippen molar-refractivity contribution in [3.05, 3.63) is 46.7 Å². The highest BCUT2D eigenvalue weighted by Crippen LogP contribution is 2.36. The van der Waals surface area contributed by atoms with Crippen molar-refractivity contribution in [2.75, 3.05) is 12.4 Å². The predicted molar refractivity (Wildman–Crippen MR) is 84.7 cm³/mol. The van der Waals surface area contributed by atoms with Gasteiger partial charge in [-0.25, -0.2) is 9.97 Å². The number of pyridine rings is 1. The van der Waals surface area contributed by atoms with Crippen LogP contribution in [-0.2, 0) is 12.8 Å². The van der Waals surface area contributed by atoms with E-state index in [0.717, 1.165) is 42.2 Å². The molecular formula is C17H22N4. The van der Waals surface area contributed by atoms with Crippen LogP contribution in [0.5, 0.6) is 0 Å². The Hall–Kier alpha value is -1.97. The van der Waals surface area contributed by atoms with Gasteiger partial charge in [-0.2, -0.15) is 0 Å². The first-order valence-corrected chi connectivity index (χ1v) is 7.73. The molecule has 0 radical (unpaired) electrons. The van der Waals surface area contributed by atoms with E-state index < -0.39 is 0 Å². The second kappa shape index (κ2) is 5.80. The summed E-state index contributed by atoms with van der Waals surface area (Å²) >= 11 is 0. The lowest BCUT2D eigenvalue weighted by Crippen LogP contribution is -2.17. The Balaban J connectivity index is 2.13. The van der Waals surface area contributed by atoms with Crippen LogP contribution in [0.25, 0.3) is 0 Å². The zero-order valence-corrected chi connectivity index (χ0v) is 13.0. The summed E-state index contributed by atoms with van der Waals surface area (Å²) in [6.07, 6.45) is 6.19. The van der Waals surface area contributed by atoms with E-state index >= 15 is 0 Å². The van der Waals surface area contributed by atoms with Crippen LogP contribution in [0.15, 0.2) is 18.3 Å². The third-order valence-electron chi connectivity index (χ3n) is 4.31. The molecule has 110 valence electrons. The van der Waals surface area contributed by atoms with Crippen molar-refractivity contribution in [2.24, 2.45) is 0 Å². The van der Waals surface area contributed by atoms with Crippen LogP contribution in [0.4, 0.5) is 5.82 Å². The third kappa shape index (κ3) is 2.50. The van der Waals surface area contributed by atoms with Crippen LogP contribution in [0.1, 0.15) is 54.0 Å². The van der Waals surface area contributed by atoms with Gasteiger partial charge in [0.05, 0.1) is 11.4 Å². The zero-order chi connectivity index (χ0) is 14.8. The number of aromatic nitrogens is 3. The number of nitrogens with one attached hydrogen (secondary N) is 1. The zero-order valence-electron chi connectivity index (χ0n) is 13.0. The van der Waals surface area contributed by atoms with Crippen molar-refractivity contribution >= 4 is 5.82 Å². The van der Waals surface area contributed by atoms with E-state index in [1.807, 2.05) is 19.3 Å². The molecule has 4 heteroatoms. The summed E-state index contributed by atoms with van der Waals surface area (Å²) in [6.45, 7) is 4.21. The summed E-state index contributed by atoms with van der Waals surface area (Å²) in [5.74, 6) is 2.15. The van der Waals surface area contributed by atoms with Gasteiger partial charge in [0, 0.05) is 31.1 Å². The number of hydrogen-bond donors (Lipinski definition) is 1. The molecule has 0 aromatic carbocycles. The molecule has 0 saturated heterocycles. The first-order valence-electron chi connectivity index (χ1n) is 7.73. The second-order valence-corrected chi connectivity index (χ2v) is 5.59. The van der Waals surface area contributed by atoms with E-state index in [-0.39, 0.29) is 0 Å². The number of nitrogens with zero attached hydrogens (tertiary/aromatic N) is 3. The van der Waals surface area contributed by atoms with Crippen LogP contribution < -0.4 is 5.32 Å². The summed E-state index contributed by atoms with van der Waals surface area (Å²) < 4.78 is 0. The minimum absolute atomic E-state index is 0.301.